The summed E-state index contributed by atoms with van der Waals surface area (Å²) in [7, 11) is 0. The highest BCUT2D eigenvalue weighted by Gasteiger charge is 2.29. The van der Waals surface area contributed by atoms with E-state index in [4.69, 9.17) is 4.74 Å². The molecule has 2 N–H and O–H groups in total. The van der Waals surface area contributed by atoms with Crippen LogP contribution in [0.2, 0.25) is 0 Å². The highest BCUT2D eigenvalue weighted by atomic mass is 79.9. The highest BCUT2D eigenvalue weighted by Crippen LogP contribution is 2.14. The maximum Gasteiger partial charge on any atom is 0.325 e. The first kappa shape index (κ1) is 16.7. The zero-order valence-corrected chi connectivity index (χ0v) is 13.4. The topological polar surface area (TPSA) is 67.4 Å². The molecule has 6 heteroatoms. The van der Waals surface area contributed by atoms with Gasteiger partial charge in [0.05, 0.1) is 13.2 Å². The normalized spacial score (nSPS) is 11.0. The van der Waals surface area contributed by atoms with E-state index in [1.807, 2.05) is 12.1 Å². The Morgan fingerprint density at radius 2 is 1.85 bits per heavy atom. The lowest BCUT2D eigenvalue weighted by Gasteiger charge is -2.23. The van der Waals surface area contributed by atoms with Crippen LogP contribution in [0.1, 0.15) is 20.8 Å². The van der Waals surface area contributed by atoms with Gasteiger partial charge in [0.25, 0.3) is 0 Å². The molecule has 20 heavy (non-hydrogen) atoms. The van der Waals surface area contributed by atoms with Gasteiger partial charge in [0.2, 0.25) is 5.91 Å². The molecule has 1 rings (SSSR count). The summed E-state index contributed by atoms with van der Waals surface area (Å²) in [6.07, 6.45) is 0. The molecule has 1 aromatic carbocycles. The van der Waals surface area contributed by atoms with Crippen molar-refractivity contribution in [2.24, 2.45) is 0 Å². The third-order valence-electron chi connectivity index (χ3n) is 2.60. The van der Waals surface area contributed by atoms with Crippen LogP contribution in [0, 0.1) is 0 Å². The molecule has 0 spiro atoms. The van der Waals surface area contributed by atoms with E-state index in [-0.39, 0.29) is 18.4 Å². The summed E-state index contributed by atoms with van der Waals surface area (Å²) in [5, 5.41) is 5.62. The van der Waals surface area contributed by atoms with E-state index in [0.29, 0.717) is 12.3 Å². The highest BCUT2D eigenvalue weighted by molar-refractivity contribution is 9.10. The second-order valence-corrected chi connectivity index (χ2v) is 5.67. The number of carbonyl (C=O) groups is 2. The first-order chi connectivity index (χ1) is 9.35. The molecule has 0 heterocycles. The van der Waals surface area contributed by atoms with Crippen molar-refractivity contribution >= 4 is 33.5 Å². The molecule has 0 aliphatic carbocycles. The fourth-order valence-corrected chi connectivity index (χ4v) is 1.69. The number of ether oxygens (including phenoxy) is 1. The average molecular weight is 343 g/mol. The maximum absolute atomic E-state index is 11.8. The predicted octanol–water partition coefficient (Wildman–Crippen LogP) is 2.32. The molecule has 0 saturated carbocycles. The molecule has 5 nitrogen and oxygen atoms in total. The van der Waals surface area contributed by atoms with Gasteiger partial charge in [-0.2, -0.15) is 0 Å². The number of nitrogens with one attached hydrogen (secondary N) is 2. The second-order valence-electron chi connectivity index (χ2n) is 4.75. The number of amides is 1. The van der Waals surface area contributed by atoms with Crippen molar-refractivity contribution in [3.05, 3.63) is 28.7 Å². The molecule has 0 atom stereocenters. The van der Waals surface area contributed by atoms with Gasteiger partial charge in [-0.15, -0.1) is 0 Å². The molecule has 110 valence electrons. The second kappa shape index (κ2) is 7.40. The molecule has 0 bridgehead atoms. The largest absolute Gasteiger partial charge is 0.465 e. The van der Waals surface area contributed by atoms with Crippen LogP contribution in [-0.4, -0.2) is 30.6 Å². The molecular weight excluding hydrogens is 324 g/mol. The number of halogens is 1. The summed E-state index contributed by atoms with van der Waals surface area (Å²) >= 11 is 3.32. The lowest BCUT2D eigenvalue weighted by molar-refractivity contribution is -0.149. The first-order valence-corrected chi connectivity index (χ1v) is 7.12. The Morgan fingerprint density at radius 1 is 1.25 bits per heavy atom. The minimum Gasteiger partial charge on any atom is -0.465 e. The van der Waals surface area contributed by atoms with Crippen molar-refractivity contribution in [3.8, 4) is 0 Å². The number of hydrogen-bond donors (Lipinski definition) is 2. The Balaban J connectivity index is 2.47. The van der Waals surface area contributed by atoms with Crippen LogP contribution in [0.3, 0.4) is 0 Å². The Labute approximate surface area is 127 Å². The molecule has 0 aliphatic rings. The number of anilines is 1. The Bertz CT molecular complexity index is 472. The summed E-state index contributed by atoms with van der Waals surface area (Å²) in [5.41, 5.74) is -0.193. The zero-order chi connectivity index (χ0) is 15.2. The molecule has 0 saturated heterocycles. The van der Waals surface area contributed by atoms with E-state index in [9.17, 15) is 9.59 Å². The summed E-state index contributed by atoms with van der Waals surface area (Å²) in [6, 6.07) is 7.26. The fourth-order valence-electron chi connectivity index (χ4n) is 1.42. The third kappa shape index (κ3) is 5.30. The molecule has 0 aromatic heterocycles. The van der Waals surface area contributed by atoms with E-state index >= 15 is 0 Å². The molecular formula is C14H19BrN2O3. The van der Waals surface area contributed by atoms with Gasteiger partial charge in [0, 0.05) is 10.2 Å². The van der Waals surface area contributed by atoms with E-state index in [1.54, 1.807) is 32.9 Å². The van der Waals surface area contributed by atoms with Crippen LogP contribution in [0.15, 0.2) is 28.7 Å². The Hall–Kier alpha value is -1.40. The monoisotopic (exact) mass is 342 g/mol. The molecule has 0 aliphatic heterocycles. The van der Waals surface area contributed by atoms with Gasteiger partial charge < -0.3 is 10.1 Å². The standard InChI is InChI=1S/C14H19BrN2O3/c1-4-20-13(19)14(2,3)16-9-12(18)17-11-7-5-10(15)6-8-11/h5-8,16H,4,9H2,1-3H3,(H,17,18). The fraction of sp³-hybridized carbons (Fsp3) is 0.429. The zero-order valence-electron chi connectivity index (χ0n) is 11.8. The lowest BCUT2D eigenvalue weighted by Crippen LogP contribution is -2.50. The molecule has 0 radical (unpaired) electrons. The van der Waals surface area contributed by atoms with Crippen molar-refractivity contribution in [1.82, 2.24) is 5.32 Å². The van der Waals surface area contributed by atoms with Gasteiger partial charge in [-0.3, -0.25) is 14.9 Å². The predicted molar refractivity (Wildman–Crippen MR) is 81.5 cm³/mol. The minimum absolute atomic E-state index is 0.0296. The number of rotatable bonds is 6. The quantitative estimate of drug-likeness (QED) is 0.778. The van der Waals surface area contributed by atoms with Crippen LogP contribution in [0.5, 0.6) is 0 Å². The molecule has 0 fully saturated rings. The minimum atomic E-state index is -0.896. The summed E-state index contributed by atoms with van der Waals surface area (Å²) in [4.78, 5) is 23.4. The Morgan fingerprint density at radius 3 is 2.40 bits per heavy atom. The van der Waals surface area contributed by atoms with Gasteiger partial charge in [-0.05, 0) is 45.0 Å². The van der Waals surface area contributed by atoms with Crippen LogP contribution in [0.4, 0.5) is 5.69 Å². The number of hydrogen-bond acceptors (Lipinski definition) is 4. The van der Waals surface area contributed by atoms with Crippen LogP contribution < -0.4 is 10.6 Å². The van der Waals surface area contributed by atoms with Gasteiger partial charge in [-0.25, -0.2) is 0 Å². The van der Waals surface area contributed by atoms with Gasteiger partial charge in [0.1, 0.15) is 5.54 Å². The van der Waals surface area contributed by atoms with E-state index < -0.39 is 5.54 Å². The van der Waals surface area contributed by atoms with Gasteiger partial charge >= 0.3 is 5.97 Å². The van der Waals surface area contributed by atoms with E-state index in [1.165, 1.54) is 0 Å². The number of esters is 1. The molecule has 1 amide bonds. The third-order valence-corrected chi connectivity index (χ3v) is 3.13. The lowest BCUT2D eigenvalue weighted by atomic mass is 10.1. The van der Waals surface area contributed by atoms with E-state index in [0.717, 1.165) is 4.47 Å². The van der Waals surface area contributed by atoms with Crippen molar-refractivity contribution in [3.63, 3.8) is 0 Å². The van der Waals surface area contributed by atoms with Crippen LogP contribution in [-0.2, 0) is 14.3 Å². The number of benzene rings is 1. The summed E-state index contributed by atoms with van der Waals surface area (Å²) < 4.78 is 5.87. The van der Waals surface area contributed by atoms with Crippen molar-refractivity contribution in [2.75, 3.05) is 18.5 Å². The SMILES string of the molecule is CCOC(=O)C(C)(C)NCC(=O)Nc1ccc(Br)cc1. The van der Waals surface area contributed by atoms with Crippen molar-refractivity contribution in [1.29, 1.82) is 0 Å². The first-order valence-electron chi connectivity index (χ1n) is 6.33. The molecule has 1 aromatic rings. The smallest absolute Gasteiger partial charge is 0.325 e. The van der Waals surface area contributed by atoms with Gasteiger partial charge in [0.15, 0.2) is 0 Å². The van der Waals surface area contributed by atoms with Crippen molar-refractivity contribution < 1.29 is 14.3 Å². The van der Waals surface area contributed by atoms with E-state index in [2.05, 4.69) is 26.6 Å². The van der Waals surface area contributed by atoms with Crippen molar-refractivity contribution in [2.45, 2.75) is 26.3 Å². The number of carbonyl (C=O) groups excluding carboxylic acids is 2. The average Bonchev–Trinajstić information content (AvgIpc) is 2.39. The maximum atomic E-state index is 11.8. The Kier molecular flexibility index (Phi) is 6.16. The summed E-state index contributed by atoms with van der Waals surface area (Å²) in [6.45, 7) is 5.45. The van der Waals surface area contributed by atoms with Gasteiger partial charge in [-0.1, -0.05) is 15.9 Å². The molecule has 0 unspecified atom stereocenters. The summed E-state index contributed by atoms with van der Waals surface area (Å²) in [5.74, 6) is -0.596. The van der Waals surface area contributed by atoms with Crippen LogP contribution in [0.25, 0.3) is 0 Å². The van der Waals surface area contributed by atoms with Crippen LogP contribution >= 0.6 is 15.9 Å².